The van der Waals surface area contributed by atoms with Crippen LogP contribution in [0.15, 0.2) is 30.7 Å². The highest BCUT2D eigenvalue weighted by atomic mass is 16.2. The summed E-state index contributed by atoms with van der Waals surface area (Å²) in [7, 11) is 0. The Morgan fingerprint density at radius 3 is 2.74 bits per heavy atom. The number of rotatable bonds is 3. The molecule has 3 heterocycles. The second kappa shape index (κ2) is 6.16. The summed E-state index contributed by atoms with van der Waals surface area (Å²) in [5.74, 6) is 0.370. The summed E-state index contributed by atoms with van der Waals surface area (Å²) in [6.45, 7) is 2.27. The van der Waals surface area contributed by atoms with E-state index in [-0.39, 0.29) is 18.2 Å². The Balaban J connectivity index is 1.96. The molecule has 2 aromatic rings. The lowest BCUT2D eigenvalue weighted by molar-refractivity contribution is -0.117. The Bertz CT molecular complexity index is 773. The smallest absolute Gasteiger partial charge is 0.225 e. The standard InChI is InChI=1S/C17H18N4O2/c1-11(22)21-4-2-3-13-7-15(10-20-17(13)21)14-5-12(6-16(18)23)8-19-9-14/h5,7-10H,2-4,6H2,1H3,(H2,18,23). The zero-order valence-corrected chi connectivity index (χ0v) is 13.0. The van der Waals surface area contributed by atoms with Gasteiger partial charge in [0.2, 0.25) is 11.8 Å². The lowest BCUT2D eigenvalue weighted by Gasteiger charge is -2.27. The van der Waals surface area contributed by atoms with Gasteiger partial charge in [0.1, 0.15) is 5.82 Å². The zero-order valence-electron chi connectivity index (χ0n) is 13.0. The Hall–Kier alpha value is -2.76. The number of pyridine rings is 2. The molecule has 3 rings (SSSR count). The minimum Gasteiger partial charge on any atom is -0.369 e. The minimum absolute atomic E-state index is 0.0105. The van der Waals surface area contributed by atoms with Crippen molar-refractivity contribution in [2.45, 2.75) is 26.2 Å². The fourth-order valence-corrected chi connectivity index (χ4v) is 2.87. The zero-order chi connectivity index (χ0) is 16.4. The maximum absolute atomic E-state index is 11.7. The van der Waals surface area contributed by atoms with Crippen molar-refractivity contribution in [2.24, 2.45) is 5.73 Å². The molecular formula is C17H18N4O2. The molecule has 1 aliphatic rings. The molecule has 118 valence electrons. The van der Waals surface area contributed by atoms with E-state index in [0.29, 0.717) is 6.54 Å². The number of fused-ring (bicyclic) bond motifs is 1. The normalized spacial score (nSPS) is 13.5. The van der Waals surface area contributed by atoms with Crippen LogP contribution in [-0.2, 0) is 22.4 Å². The first kappa shape index (κ1) is 15.1. The third-order valence-electron chi connectivity index (χ3n) is 3.91. The van der Waals surface area contributed by atoms with E-state index in [1.165, 1.54) is 0 Å². The van der Waals surface area contributed by atoms with Crippen LogP contribution in [0.3, 0.4) is 0 Å². The second-order valence-electron chi connectivity index (χ2n) is 5.71. The fourth-order valence-electron chi connectivity index (χ4n) is 2.87. The molecule has 2 N–H and O–H groups in total. The predicted molar refractivity (Wildman–Crippen MR) is 86.7 cm³/mol. The van der Waals surface area contributed by atoms with Gasteiger partial charge < -0.3 is 5.73 Å². The first-order valence-corrected chi connectivity index (χ1v) is 7.54. The molecule has 0 bridgehead atoms. The molecule has 6 heteroatoms. The van der Waals surface area contributed by atoms with E-state index in [2.05, 4.69) is 9.97 Å². The van der Waals surface area contributed by atoms with E-state index in [1.54, 1.807) is 30.4 Å². The molecule has 23 heavy (non-hydrogen) atoms. The SMILES string of the molecule is CC(=O)N1CCCc2cc(-c3cncc(CC(N)=O)c3)cnc21. The predicted octanol–water partition coefficient (Wildman–Crippen LogP) is 1.47. The van der Waals surface area contributed by atoms with Gasteiger partial charge >= 0.3 is 0 Å². The van der Waals surface area contributed by atoms with Crippen molar-refractivity contribution in [2.75, 3.05) is 11.4 Å². The first-order valence-electron chi connectivity index (χ1n) is 7.54. The van der Waals surface area contributed by atoms with Crippen molar-refractivity contribution in [1.29, 1.82) is 0 Å². The molecule has 0 atom stereocenters. The van der Waals surface area contributed by atoms with Gasteiger partial charge in [0.15, 0.2) is 0 Å². The molecule has 0 spiro atoms. The van der Waals surface area contributed by atoms with Crippen LogP contribution in [0.25, 0.3) is 11.1 Å². The molecule has 0 radical (unpaired) electrons. The van der Waals surface area contributed by atoms with E-state index >= 15 is 0 Å². The van der Waals surface area contributed by atoms with Crippen LogP contribution < -0.4 is 10.6 Å². The average molecular weight is 310 g/mol. The van der Waals surface area contributed by atoms with Crippen LogP contribution in [0.2, 0.25) is 0 Å². The van der Waals surface area contributed by atoms with Gasteiger partial charge in [-0.05, 0) is 36.1 Å². The summed E-state index contributed by atoms with van der Waals surface area (Å²) in [6.07, 6.45) is 7.10. The van der Waals surface area contributed by atoms with Crippen LogP contribution >= 0.6 is 0 Å². The number of hydrogen-bond acceptors (Lipinski definition) is 4. The van der Waals surface area contributed by atoms with Gasteiger partial charge in [-0.15, -0.1) is 0 Å². The summed E-state index contributed by atoms with van der Waals surface area (Å²) in [5.41, 5.74) is 8.88. The van der Waals surface area contributed by atoms with Gasteiger partial charge in [0.05, 0.1) is 6.42 Å². The third kappa shape index (κ3) is 3.21. The van der Waals surface area contributed by atoms with Crippen molar-refractivity contribution in [3.63, 3.8) is 0 Å². The van der Waals surface area contributed by atoms with Gasteiger partial charge in [-0.3, -0.25) is 19.5 Å². The molecule has 0 aromatic carbocycles. The lowest BCUT2D eigenvalue weighted by Crippen LogP contribution is -2.34. The maximum atomic E-state index is 11.7. The summed E-state index contributed by atoms with van der Waals surface area (Å²) in [4.78, 5) is 33.1. The monoisotopic (exact) mass is 310 g/mol. The number of carbonyl (C=O) groups is 2. The minimum atomic E-state index is -0.385. The molecule has 2 aromatic heterocycles. The molecule has 0 aliphatic carbocycles. The van der Waals surface area contributed by atoms with E-state index in [4.69, 9.17) is 5.73 Å². The van der Waals surface area contributed by atoms with Crippen LogP contribution in [0, 0.1) is 0 Å². The summed E-state index contributed by atoms with van der Waals surface area (Å²) < 4.78 is 0. The Morgan fingerprint density at radius 1 is 1.22 bits per heavy atom. The van der Waals surface area contributed by atoms with Crippen molar-refractivity contribution < 1.29 is 9.59 Å². The van der Waals surface area contributed by atoms with E-state index < -0.39 is 0 Å². The van der Waals surface area contributed by atoms with Gasteiger partial charge in [0.25, 0.3) is 0 Å². The number of aromatic nitrogens is 2. The van der Waals surface area contributed by atoms with E-state index in [0.717, 1.165) is 40.9 Å². The Labute approximate surface area is 134 Å². The summed E-state index contributed by atoms with van der Waals surface area (Å²) in [6, 6.07) is 3.94. The van der Waals surface area contributed by atoms with Gasteiger partial charge in [-0.25, -0.2) is 4.98 Å². The van der Waals surface area contributed by atoms with Gasteiger partial charge in [0, 0.05) is 43.2 Å². The van der Waals surface area contributed by atoms with Crippen molar-refractivity contribution in [3.05, 3.63) is 41.9 Å². The molecular weight excluding hydrogens is 292 g/mol. The Kier molecular flexibility index (Phi) is 4.06. The summed E-state index contributed by atoms with van der Waals surface area (Å²) >= 11 is 0. The molecule has 1 aliphatic heterocycles. The third-order valence-corrected chi connectivity index (χ3v) is 3.91. The highest BCUT2D eigenvalue weighted by Crippen LogP contribution is 2.29. The molecule has 2 amide bonds. The van der Waals surface area contributed by atoms with Gasteiger partial charge in [-0.1, -0.05) is 0 Å². The molecule has 6 nitrogen and oxygen atoms in total. The first-order chi connectivity index (χ1) is 11.0. The summed E-state index contributed by atoms with van der Waals surface area (Å²) in [5, 5.41) is 0. The number of amides is 2. The van der Waals surface area contributed by atoms with E-state index in [1.807, 2.05) is 12.1 Å². The molecule has 0 unspecified atom stereocenters. The molecule has 0 fully saturated rings. The molecule has 0 saturated carbocycles. The number of anilines is 1. The van der Waals surface area contributed by atoms with Crippen molar-refractivity contribution >= 4 is 17.6 Å². The number of hydrogen-bond donors (Lipinski definition) is 1. The largest absolute Gasteiger partial charge is 0.369 e. The highest BCUT2D eigenvalue weighted by Gasteiger charge is 2.21. The number of nitrogens with zero attached hydrogens (tertiary/aromatic N) is 3. The number of carbonyl (C=O) groups excluding carboxylic acids is 2. The topological polar surface area (TPSA) is 89.2 Å². The van der Waals surface area contributed by atoms with Crippen LogP contribution in [0.5, 0.6) is 0 Å². The van der Waals surface area contributed by atoms with Crippen molar-refractivity contribution in [1.82, 2.24) is 9.97 Å². The second-order valence-corrected chi connectivity index (χ2v) is 5.71. The number of nitrogens with two attached hydrogens (primary N) is 1. The van der Waals surface area contributed by atoms with Crippen LogP contribution in [0.4, 0.5) is 5.82 Å². The lowest BCUT2D eigenvalue weighted by atomic mass is 10.00. The highest BCUT2D eigenvalue weighted by molar-refractivity contribution is 5.92. The van der Waals surface area contributed by atoms with Gasteiger partial charge in [-0.2, -0.15) is 0 Å². The quantitative estimate of drug-likeness (QED) is 0.929. The number of aryl methyl sites for hydroxylation is 1. The van der Waals surface area contributed by atoms with E-state index in [9.17, 15) is 9.59 Å². The van der Waals surface area contributed by atoms with Crippen LogP contribution in [-0.4, -0.2) is 28.3 Å². The Morgan fingerprint density at radius 2 is 2.00 bits per heavy atom. The van der Waals surface area contributed by atoms with Crippen LogP contribution in [0.1, 0.15) is 24.5 Å². The maximum Gasteiger partial charge on any atom is 0.225 e. The molecule has 0 saturated heterocycles. The number of primary amides is 1. The fraction of sp³-hybridized carbons (Fsp3) is 0.294. The average Bonchev–Trinajstić information content (AvgIpc) is 2.53. The van der Waals surface area contributed by atoms with Crippen molar-refractivity contribution in [3.8, 4) is 11.1 Å².